The minimum Gasteiger partial charge on any atom is -0.449 e. The van der Waals surface area contributed by atoms with E-state index in [0.29, 0.717) is 16.4 Å². The molecular weight excluding hydrogens is 264 g/mol. The van der Waals surface area contributed by atoms with Crippen molar-refractivity contribution in [3.8, 4) is 0 Å². The maximum Gasteiger partial charge on any atom is 0.287 e. The van der Waals surface area contributed by atoms with Gasteiger partial charge in [0.2, 0.25) is 0 Å². The lowest BCUT2D eigenvalue weighted by molar-refractivity contribution is 0.0913. The summed E-state index contributed by atoms with van der Waals surface area (Å²) in [4.78, 5) is 12.2. The number of para-hydroxylation sites is 1. The summed E-state index contributed by atoms with van der Waals surface area (Å²) in [5.41, 5.74) is 1.41. The van der Waals surface area contributed by atoms with Crippen LogP contribution < -0.4 is 10.6 Å². The zero-order valence-electron chi connectivity index (χ0n) is 10.6. The molecule has 100 valence electrons. The van der Waals surface area contributed by atoms with E-state index >= 15 is 0 Å². The predicted octanol–water partition coefficient (Wildman–Crippen LogP) is 2.49. The van der Waals surface area contributed by atoms with Crippen molar-refractivity contribution in [3.63, 3.8) is 0 Å². The molecule has 2 N–H and O–H groups in total. The quantitative estimate of drug-likeness (QED) is 0.887. The summed E-state index contributed by atoms with van der Waals surface area (Å²) in [6.45, 7) is 3.63. The Balaban J connectivity index is 1.93. The van der Waals surface area contributed by atoms with Gasteiger partial charge in [0.1, 0.15) is 0 Å². The Morgan fingerprint density at radius 2 is 2.37 bits per heavy atom. The number of halogens is 1. The lowest BCUT2D eigenvalue weighted by Gasteiger charge is -2.09. The van der Waals surface area contributed by atoms with Crippen LogP contribution in [0.4, 0.5) is 0 Å². The average molecular weight is 279 g/mol. The average Bonchev–Trinajstić information content (AvgIpc) is 2.99. The fourth-order valence-electron chi connectivity index (χ4n) is 2.45. The second kappa shape index (κ2) is 4.87. The standard InChI is InChI=1S/C14H15ClN2O2/c1-8-10-3-2-4-11(15)13(10)19-12(8)14(18)17-9-5-6-16-7-9/h2-4,9,16H,5-7H2,1H3,(H,17,18). The highest BCUT2D eigenvalue weighted by Gasteiger charge is 2.23. The summed E-state index contributed by atoms with van der Waals surface area (Å²) in [6, 6.07) is 5.70. The molecule has 1 amide bonds. The van der Waals surface area contributed by atoms with E-state index in [-0.39, 0.29) is 11.9 Å². The molecule has 0 bridgehead atoms. The van der Waals surface area contributed by atoms with Crippen molar-refractivity contribution < 1.29 is 9.21 Å². The van der Waals surface area contributed by atoms with Gasteiger partial charge in [-0.05, 0) is 26.0 Å². The highest BCUT2D eigenvalue weighted by atomic mass is 35.5. The molecule has 1 unspecified atom stereocenters. The van der Waals surface area contributed by atoms with Crippen LogP contribution in [-0.2, 0) is 0 Å². The fraction of sp³-hybridized carbons (Fsp3) is 0.357. The van der Waals surface area contributed by atoms with Gasteiger partial charge < -0.3 is 15.1 Å². The Labute approximate surface area is 116 Å². The minimum atomic E-state index is -0.168. The SMILES string of the molecule is Cc1c(C(=O)NC2CCNC2)oc2c(Cl)cccc12. The summed E-state index contributed by atoms with van der Waals surface area (Å²) >= 11 is 6.08. The molecule has 3 rings (SSSR count). The minimum absolute atomic E-state index is 0.168. The van der Waals surface area contributed by atoms with Crippen LogP contribution in [-0.4, -0.2) is 25.0 Å². The summed E-state index contributed by atoms with van der Waals surface area (Å²) in [5.74, 6) is 0.188. The first kappa shape index (κ1) is 12.5. The molecule has 0 radical (unpaired) electrons. The summed E-state index contributed by atoms with van der Waals surface area (Å²) in [6.07, 6.45) is 0.950. The number of nitrogens with one attached hydrogen (secondary N) is 2. The van der Waals surface area contributed by atoms with Gasteiger partial charge in [-0.15, -0.1) is 0 Å². The van der Waals surface area contributed by atoms with Crippen LogP contribution in [0.25, 0.3) is 11.0 Å². The van der Waals surface area contributed by atoms with E-state index in [1.807, 2.05) is 19.1 Å². The number of hydrogen-bond acceptors (Lipinski definition) is 3. The van der Waals surface area contributed by atoms with Crippen molar-refractivity contribution in [3.05, 3.63) is 34.5 Å². The monoisotopic (exact) mass is 278 g/mol. The number of rotatable bonds is 2. The first-order valence-electron chi connectivity index (χ1n) is 6.36. The van der Waals surface area contributed by atoms with E-state index in [2.05, 4.69) is 10.6 Å². The van der Waals surface area contributed by atoms with Crippen molar-refractivity contribution in [2.24, 2.45) is 0 Å². The smallest absolute Gasteiger partial charge is 0.287 e. The van der Waals surface area contributed by atoms with Crippen molar-refractivity contribution >= 4 is 28.5 Å². The van der Waals surface area contributed by atoms with Gasteiger partial charge in [-0.25, -0.2) is 0 Å². The Morgan fingerprint density at radius 3 is 3.05 bits per heavy atom. The number of aryl methyl sites for hydroxylation is 1. The number of fused-ring (bicyclic) bond motifs is 1. The molecule has 1 aliphatic rings. The third kappa shape index (κ3) is 2.22. The number of amides is 1. The summed E-state index contributed by atoms with van der Waals surface area (Å²) in [5, 5.41) is 7.61. The van der Waals surface area contributed by atoms with Crippen LogP contribution >= 0.6 is 11.6 Å². The molecule has 0 aliphatic carbocycles. The van der Waals surface area contributed by atoms with Crippen LogP contribution in [0.15, 0.2) is 22.6 Å². The third-order valence-corrected chi connectivity index (χ3v) is 3.82. The van der Waals surface area contributed by atoms with Crippen molar-refractivity contribution in [1.29, 1.82) is 0 Å². The zero-order chi connectivity index (χ0) is 13.4. The number of hydrogen-bond donors (Lipinski definition) is 2. The van der Waals surface area contributed by atoms with E-state index in [1.165, 1.54) is 0 Å². The Bertz CT molecular complexity index is 630. The third-order valence-electron chi connectivity index (χ3n) is 3.52. The highest BCUT2D eigenvalue weighted by molar-refractivity contribution is 6.35. The van der Waals surface area contributed by atoms with Crippen LogP contribution in [0, 0.1) is 6.92 Å². The van der Waals surface area contributed by atoms with Gasteiger partial charge in [-0.2, -0.15) is 0 Å². The Kier molecular flexibility index (Phi) is 3.21. The number of carbonyl (C=O) groups is 1. The van der Waals surface area contributed by atoms with E-state index in [1.54, 1.807) is 6.07 Å². The molecule has 5 heteroatoms. The normalized spacial score (nSPS) is 18.9. The predicted molar refractivity (Wildman–Crippen MR) is 74.7 cm³/mol. The zero-order valence-corrected chi connectivity index (χ0v) is 11.4. The van der Waals surface area contributed by atoms with Gasteiger partial charge in [-0.3, -0.25) is 4.79 Å². The van der Waals surface area contributed by atoms with Crippen molar-refractivity contribution in [2.75, 3.05) is 13.1 Å². The van der Waals surface area contributed by atoms with Gasteiger partial charge in [0.05, 0.1) is 5.02 Å². The maximum absolute atomic E-state index is 12.2. The number of benzene rings is 1. The highest BCUT2D eigenvalue weighted by Crippen LogP contribution is 2.30. The van der Waals surface area contributed by atoms with Gasteiger partial charge >= 0.3 is 0 Å². The molecular formula is C14H15ClN2O2. The Hall–Kier alpha value is -1.52. The molecule has 19 heavy (non-hydrogen) atoms. The number of furan rings is 1. The van der Waals surface area contributed by atoms with Crippen LogP contribution in [0.1, 0.15) is 22.5 Å². The van der Waals surface area contributed by atoms with Gasteiger partial charge in [-0.1, -0.05) is 23.7 Å². The first-order chi connectivity index (χ1) is 9.16. The summed E-state index contributed by atoms with van der Waals surface area (Å²) in [7, 11) is 0. The molecule has 1 aromatic carbocycles. The molecule has 4 nitrogen and oxygen atoms in total. The molecule has 0 saturated carbocycles. The van der Waals surface area contributed by atoms with Gasteiger partial charge in [0, 0.05) is 23.5 Å². The van der Waals surface area contributed by atoms with E-state index in [0.717, 1.165) is 30.5 Å². The molecule has 2 heterocycles. The lowest BCUT2D eigenvalue weighted by Crippen LogP contribution is -2.36. The van der Waals surface area contributed by atoms with Crippen molar-refractivity contribution in [1.82, 2.24) is 10.6 Å². The molecule has 1 saturated heterocycles. The molecule has 2 aromatic rings. The van der Waals surface area contributed by atoms with Gasteiger partial charge in [0.15, 0.2) is 11.3 Å². The van der Waals surface area contributed by atoms with Gasteiger partial charge in [0.25, 0.3) is 5.91 Å². The fourth-order valence-corrected chi connectivity index (χ4v) is 2.67. The Morgan fingerprint density at radius 1 is 1.53 bits per heavy atom. The second-order valence-electron chi connectivity index (χ2n) is 4.84. The molecule has 1 fully saturated rings. The van der Waals surface area contributed by atoms with Crippen LogP contribution in [0.2, 0.25) is 5.02 Å². The first-order valence-corrected chi connectivity index (χ1v) is 6.74. The summed E-state index contributed by atoms with van der Waals surface area (Å²) < 4.78 is 5.64. The largest absolute Gasteiger partial charge is 0.449 e. The topological polar surface area (TPSA) is 54.3 Å². The van der Waals surface area contributed by atoms with E-state index < -0.39 is 0 Å². The molecule has 0 spiro atoms. The molecule has 1 aliphatic heterocycles. The van der Waals surface area contributed by atoms with Crippen LogP contribution in [0.3, 0.4) is 0 Å². The lowest BCUT2D eigenvalue weighted by atomic mass is 10.1. The van der Waals surface area contributed by atoms with E-state index in [4.69, 9.17) is 16.0 Å². The number of carbonyl (C=O) groups excluding carboxylic acids is 1. The molecule has 1 aromatic heterocycles. The van der Waals surface area contributed by atoms with E-state index in [9.17, 15) is 4.79 Å². The van der Waals surface area contributed by atoms with Crippen LogP contribution in [0.5, 0.6) is 0 Å². The van der Waals surface area contributed by atoms with Crippen molar-refractivity contribution in [2.45, 2.75) is 19.4 Å². The molecule has 1 atom stereocenters. The maximum atomic E-state index is 12.2. The second-order valence-corrected chi connectivity index (χ2v) is 5.24.